The number of hydrogen-bond acceptors (Lipinski definition) is 9. The Hall–Kier alpha value is -2.21. The van der Waals surface area contributed by atoms with Crippen LogP contribution in [-0.4, -0.2) is 68.3 Å². The van der Waals surface area contributed by atoms with Crippen LogP contribution in [0.4, 0.5) is 4.79 Å². The molecule has 4 rings (SSSR count). The van der Waals surface area contributed by atoms with Gasteiger partial charge in [-0.3, -0.25) is 9.35 Å². The van der Waals surface area contributed by atoms with E-state index in [1.54, 1.807) is 32.0 Å². The van der Waals surface area contributed by atoms with Crippen molar-refractivity contribution in [1.82, 2.24) is 0 Å². The van der Waals surface area contributed by atoms with E-state index in [0.29, 0.717) is 25.7 Å². The molecule has 1 aromatic carbocycles. The zero-order valence-electron chi connectivity index (χ0n) is 24.5. The van der Waals surface area contributed by atoms with Gasteiger partial charge in [0.25, 0.3) is 10.1 Å². The van der Waals surface area contributed by atoms with Crippen molar-refractivity contribution in [2.24, 2.45) is 0 Å². The van der Waals surface area contributed by atoms with Crippen LogP contribution in [0.1, 0.15) is 92.9 Å². The fourth-order valence-electron chi connectivity index (χ4n) is 2.45. The maximum atomic E-state index is 10.4. The summed E-state index contributed by atoms with van der Waals surface area (Å²) in [6.07, 6.45) is 8.68. The first-order valence-electron chi connectivity index (χ1n) is 13.7. The van der Waals surface area contributed by atoms with Crippen molar-refractivity contribution in [2.75, 3.05) is 19.8 Å². The summed E-state index contributed by atoms with van der Waals surface area (Å²) in [5, 5.41) is 8.36. The van der Waals surface area contributed by atoms with E-state index < -0.39 is 16.3 Å². The molecule has 228 valence electrons. The number of carbonyl (C=O) groups is 2. The van der Waals surface area contributed by atoms with Gasteiger partial charge in [0.2, 0.25) is 0 Å². The minimum Gasteiger partial charge on any atom is -0.466 e. The zero-order chi connectivity index (χ0) is 30.1. The van der Waals surface area contributed by atoms with Crippen LogP contribution in [0.3, 0.4) is 0 Å². The highest BCUT2D eigenvalue weighted by molar-refractivity contribution is 7.85. The van der Waals surface area contributed by atoms with Gasteiger partial charge in [-0.05, 0) is 58.1 Å². The van der Waals surface area contributed by atoms with E-state index in [-0.39, 0.29) is 23.1 Å². The first kappa shape index (κ1) is 38.9. The Kier molecular flexibility index (Phi) is 24.8. The first-order valence-corrected chi connectivity index (χ1v) is 15.2. The first-order chi connectivity index (χ1) is 18.4. The summed E-state index contributed by atoms with van der Waals surface area (Å²) in [5.41, 5.74) is 0. The summed E-state index contributed by atoms with van der Waals surface area (Å²) >= 11 is 0. The molecule has 1 aromatic rings. The number of hydrogen-bond donors (Lipinski definition) is 2. The highest BCUT2D eigenvalue weighted by Gasteiger charge is 2.19. The Labute approximate surface area is 235 Å². The van der Waals surface area contributed by atoms with Crippen molar-refractivity contribution in [3.05, 3.63) is 30.3 Å². The molecule has 0 aromatic heterocycles. The maximum Gasteiger partial charge on any atom is 0.508 e. The van der Waals surface area contributed by atoms with E-state index in [1.165, 1.54) is 44.2 Å². The van der Waals surface area contributed by atoms with E-state index in [1.807, 2.05) is 6.92 Å². The average molecular weight is 579 g/mol. The lowest BCUT2D eigenvalue weighted by atomic mass is 10.2. The van der Waals surface area contributed by atoms with E-state index in [0.717, 1.165) is 19.4 Å². The smallest absolute Gasteiger partial charge is 0.466 e. The van der Waals surface area contributed by atoms with Gasteiger partial charge in [-0.2, -0.15) is 8.42 Å². The third-order valence-corrected chi connectivity index (χ3v) is 6.00. The van der Waals surface area contributed by atoms with Crippen LogP contribution in [0.15, 0.2) is 35.2 Å². The number of unbranched alkanes of at least 4 members (excludes halogenated alkanes) is 1. The predicted octanol–water partition coefficient (Wildman–Crippen LogP) is 5.96. The minimum atomic E-state index is -4.00. The molecule has 3 heterocycles. The van der Waals surface area contributed by atoms with Crippen LogP contribution in [-0.2, 0) is 33.9 Å². The average Bonchev–Trinajstić information content (AvgIpc) is 3.70. The lowest BCUT2D eigenvalue weighted by Crippen LogP contribution is -2.01. The molecule has 0 amide bonds. The van der Waals surface area contributed by atoms with Crippen LogP contribution >= 0.6 is 0 Å². The molecule has 3 unspecified atom stereocenters. The molecule has 3 aliphatic heterocycles. The lowest BCUT2D eigenvalue weighted by molar-refractivity contribution is -0.137. The second-order valence-electron chi connectivity index (χ2n) is 8.90. The molecule has 0 spiro atoms. The summed E-state index contributed by atoms with van der Waals surface area (Å²) in [5.74, 6) is -0.0463. The highest BCUT2D eigenvalue weighted by atomic mass is 32.2. The van der Waals surface area contributed by atoms with Gasteiger partial charge >= 0.3 is 12.1 Å². The summed E-state index contributed by atoms with van der Waals surface area (Å²) < 4.78 is 48.0. The topological polar surface area (TPSA) is 146 Å². The standard InChI is InChI=1S/C6H6O3S.C6H12O.C4H6O3.C4H6O2.C4H10O.C4H10/c7-10(8,9)6-4-2-1-3-5-6;1-2-6-4-3-5-7-6;1-3-2-6-4(5)7-3;5-4-2-1-3-6-4;1-3-4(2)5;1-3-4-2/h1-5H,(H,7,8,9);6H,2-5H2,1H3;3H,2H2,1H3;1-3H2;4-5H,3H2,1-2H3;3-4H2,1-2H3. The molecule has 39 heavy (non-hydrogen) atoms. The maximum absolute atomic E-state index is 10.4. The normalized spacial score (nSPS) is 19.7. The van der Waals surface area contributed by atoms with E-state index >= 15 is 0 Å². The molecule has 11 heteroatoms. The molecular formula is C28H50O10S. The van der Waals surface area contributed by atoms with E-state index in [2.05, 4.69) is 35.0 Å². The molecular weight excluding hydrogens is 528 g/mol. The van der Waals surface area contributed by atoms with Gasteiger partial charge in [0.15, 0.2) is 0 Å². The summed E-state index contributed by atoms with van der Waals surface area (Å²) in [6.45, 7) is 14.1. The molecule has 10 nitrogen and oxygen atoms in total. The van der Waals surface area contributed by atoms with Crippen LogP contribution < -0.4 is 0 Å². The summed E-state index contributed by atoms with van der Waals surface area (Å²) in [6, 6.07) is 7.42. The number of carbonyl (C=O) groups excluding carboxylic acids is 2. The summed E-state index contributed by atoms with van der Waals surface area (Å²) in [4.78, 5) is 20.0. The number of aliphatic hydroxyl groups is 1. The SMILES string of the molecule is CC1COC(=O)O1.CCC(C)O.CCC1CCCO1.CCCC.O=C1CCCO1.O=S(=O)(O)c1ccccc1. The molecule has 0 bridgehead atoms. The molecule has 0 aliphatic carbocycles. The quantitative estimate of drug-likeness (QED) is 0.324. The van der Waals surface area contributed by atoms with Gasteiger partial charge < -0.3 is 24.1 Å². The predicted molar refractivity (Wildman–Crippen MR) is 150 cm³/mol. The van der Waals surface area contributed by atoms with Crippen molar-refractivity contribution in [1.29, 1.82) is 0 Å². The number of benzene rings is 1. The number of rotatable bonds is 4. The van der Waals surface area contributed by atoms with Crippen molar-refractivity contribution in [3.63, 3.8) is 0 Å². The van der Waals surface area contributed by atoms with Crippen molar-refractivity contribution in [3.8, 4) is 0 Å². The van der Waals surface area contributed by atoms with E-state index in [4.69, 9.17) is 14.4 Å². The van der Waals surface area contributed by atoms with Gasteiger partial charge in [0, 0.05) is 13.0 Å². The van der Waals surface area contributed by atoms with Gasteiger partial charge in [-0.15, -0.1) is 0 Å². The van der Waals surface area contributed by atoms with Gasteiger partial charge in [0.1, 0.15) is 12.7 Å². The molecule has 3 saturated heterocycles. The largest absolute Gasteiger partial charge is 0.508 e. The van der Waals surface area contributed by atoms with Crippen LogP contribution in [0.2, 0.25) is 0 Å². The Bertz CT molecular complexity index is 812. The number of ether oxygens (including phenoxy) is 4. The third kappa shape index (κ3) is 25.8. The van der Waals surface area contributed by atoms with Crippen molar-refractivity contribution >= 4 is 22.2 Å². The second kappa shape index (κ2) is 24.8. The number of cyclic esters (lactones) is 3. The molecule has 3 fully saturated rings. The van der Waals surface area contributed by atoms with Crippen LogP contribution in [0, 0.1) is 0 Å². The van der Waals surface area contributed by atoms with Gasteiger partial charge in [0.05, 0.1) is 23.7 Å². The van der Waals surface area contributed by atoms with Crippen LogP contribution in [0.5, 0.6) is 0 Å². The Balaban J connectivity index is 0. The molecule has 0 radical (unpaired) electrons. The fourth-order valence-corrected chi connectivity index (χ4v) is 2.95. The molecule has 3 atom stereocenters. The van der Waals surface area contributed by atoms with Gasteiger partial charge in [-0.25, -0.2) is 4.79 Å². The summed E-state index contributed by atoms with van der Waals surface area (Å²) in [7, 11) is -4.00. The Morgan fingerprint density at radius 2 is 1.56 bits per heavy atom. The monoisotopic (exact) mass is 578 g/mol. The van der Waals surface area contributed by atoms with Crippen molar-refractivity contribution < 1.29 is 46.6 Å². The number of esters is 1. The van der Waals surface area contributed by atoms with E-state index in [9.17, 15) is 18.0 Å². The lowest BCUT2D eigenvalue weighted by Gasteiger charge is -2.01. The van der Waals surface area contributed by atoms with Gasteiger partial charge in [-0.1, -0.05) is 58.7 Å². The van der Waals surface area contributed by atoms with Crippen LogP contribution in [0.25, 0.3) is 0 Å². The van der Waals surface area contributed by atoms with Crippen molar-refractivity contribution in [2.45, 2.75) is 116 Å². The third-order valence-electron chi connectivity index (χ3n) is 5.13. The molecule has 2 N–H and O–H groups in total. The second-order valence-corrected chi connectivity index (χ2v) is 10.3. The number of aliphatic hydroxyl groups excluding tert-OH is 1. The Morgan fingerprint density at radius 3 is 1.74 bits per heavy atom. The zero-order valence-corrected chi connectivity index (χ0v) is 25.3. The highest BCUT2D eigenvalue weighted by Crippen LogP contribution is 2.13. The Morgan fingerprint density at radius 1 is 0.974 bits per heavy atom. The molecule has 0 saturated carbocycles. The fraction of sp³-hybridized carbons (Fsp3) is 0.714. The molecule has 3 aliphatic rings. The minimum absolute atomic E-state index is 0.0463.